The largest absolute Gasteiger partial charge is 0.398 e. The van der Waals surface area contributed by atoms with Gasteiger partial charge in [0.25, 0.3) is 5.91 Å². The molecule has 1 fully saturated rings. The summed E-state index contributed by atoms with van der Waals surface area (Å²) >= 11 is 0. The molecule has 3 nitrogen and oxygen atoms in total. The number of nitrogens with zero attached hydrogens (tertiary/aromatic N) is 1. The number of rotatable bonds is 1. The predicted octanol–water partition coefficient (Wildman–Crippen LogP) is 3.39. The number of carbonyl (C=O) groups is 1. The summed E-state index contributed by atoms with van der Waals surface area (Å²) in [6, 6.07) is 4.13. The molecule has 3 atom stereocenters. The lowest BCUT2D eigenvalue weighted by Gasteiger charge is -2.41. The van der Waals surface area contributed by atoms with Gasteiger partial charge in [-0.1, -0.05) is 19.9 Å². The van der Waals surface area contributed by atoms with E-state index in [9.17, 15) is 4.79 Å². The third-order valence-electron chi connectivity index (χ3n) is 4.70. The zero-order chi connectivity index (χ0) is 15.0. The molecule has 0 saturated carbocycles. The number of hydrogen-bond donors (Lipinski definition) is 1. The maximum Gasteiger partial charge on any atom is 0.254 e. The van der Waals surface area contributed by atoms with E-state index in [-0.39, 0.29) is 5.91 Å². The minimum absolute atomic E-state index is 0.125. The van der Waals surface area contributed by atoms with Crippen LogP contribution in [0.25, 0.3) is 0 Å². The summed E-state index contributed by atoms with van der Waals surface area (Å²) in [7, 11) is 0. The number of nitrogens with two attached hydrogens (primary N) is 1. The summed E-state index contributed by atoms with van der Waals surface area (Å²) < 4.78 is 0. The summed E-state index contributed by atoms with van der Waals surface area (Å²) in [5.41, 5.74) is 9.47. The Labute approximate surface area is 122 Å². The molecule has 20 heavy (non-hydrogen) atoms. The van der Waals surface area contributed by atoms with Crippen LogP contribution in [0.15, 0.2) is 12.1 Å². The van der Waals surface area contributed by atoms with Crippen molar-refractivity contribution in [3.05, 3.63) is 28.8 Å². The number of carbonyl (C=O) groups excluding carboxylic acids is 1. The molecule has 0 aromatic heterocycles. The molecule has 0 radical (unpaired) electrons. The topological polar surface area (TPSA) is 46.3 Å². The number of amides is 1. The minimum atomic E-state index is 0.125. The van der Waals surface area contributed by atoms with Crippen molar-refractivity contribution in [1.29, 1.82) is 0 Å². The number of hydrogen-bond acceptors (Lipinski definition) is 2. The molecule has 1 heterocycles. The highest BCUT2D eigenvalue weighted by molar-refractivity contribution is 5.97. The van der Waals surface area contributed by atoms with Crippen molar-refractivity contribution in [3.63, 3.8) is 0 Å². The maximum atomic E-state index is 12.9. The van der Waals surface area contributed by atoms with Crippen LogP contribution in [-0.2, 0) is 0 Å². The molecular weight excluding hydrogens is 248 g/mol. The fourth-order valence-corrected chi connectivity index (χ4v) is 3.24. The number of nitrogen functional groups attached to an aromatic ring is 1. The van der Waals surface area contributed by atoms with E-state index in [0.29, 0.717) is 23.6 Å². The van der Waals surface area contributed by atoms with Crippen molar-refractivity contribution in [1.82, 2.24) is 4.90 Å². The molecule has 2 N–H and O–H groups in total. The van der Waals surface area contributed by atoms with Crippen LogP contribution in [0.2, 0.25) is 0 Å². The van der Waals surface area contributed by atoms with Gasteiger partial charge >= 0.3 is 0 Å². The van der Waals surface area contributed by atoms with Crippen molar-refractivity contribution < 1.29 is 4.79 Å². The first-order chi connectivity index (χ1) is 9.31. The standard InChI is InChI=1S/C17H26N2O/c1-10-6-11(2)14(5)19(9-10)17(20)15-8-16(18)13(4)7-12(15)3/h7-8,10-11,14H,6,9,18H2,1-5H3. The quantitative estimate of drug-likeness (QED) is 0.798. The van der Waals surface area contributed by atoms with E-state index in [2.05, 4.69) is 20.8 Å². The highest BCUT2D eigenvalue weighted by Gasteiger charge is 2.32. The van der Waals surface area contributed by atoms with Gasteiger partial charge in [-0.15, -0.1) is 0 Å². The van der Waals surface area contributed by atoms with E-state index in [4.69, 9.17) is 5.73 Å². The van der Waals surface area contributed by atoms with E-state index >= 15 is 0 Å². The molecule has 1 amide bonds. The first-order valence-corrected chi connectivity index (χ1v) is 7.49. The normalized spacial score (nSPS) is 26.6. The van der Waals surface area contributed by atoms with Crippen LogP contribution >= 0.6 is 0 Å². The zero-order valence-corrected chi connectivity index (χ0v) is 13.2. The lowest BCUT2D eigenvalue weighted by Crippen LogP contribution is -2.49. The van der Waals surface area contributed by atoms with Crippen LogP contribution < -0.4 is 5.73 Å². The van der Waals surface area contributed by atoms with E-state index in [1.54, 1.807) is 0 Å². The molecule has 0 bridgehead atoms. The molecule has 0 aliphatic carbocycles. The Morgan fingerprint density at radius 2 is 1.85 bits per heavy atom. The van der Waals surface area contributed by atoms with Gasteiger partial charge < -0.3 is 10.6 Å². The van der Waals surface area contributed by atoms with Gasteiger partial charge in [0.2, 0.25) is 0 Å². The summed E-state index contributed by atoms with van der Waals surface area (Å²) in [5.74, 6) is 1.24. The average Bonchev–Trinajstić information content (AvgIpc) is 2.37. The number of anilines is 1. The molecule has 3 heteroatoms. The lowest BCUT2D eigenvalue weighted by molar-refractivity contribution is 0.0455. The third-order valence-corrected chi connectivity index (χ3v) is 4.70. The first kappa shape index (κ1) is 14.9. The van der Waals surface area contributed by atoms with Gasteiger partial charge in [0.05, 0.1) is 0 Å². The Morgan fingerprint density at radius 1 is 1.20 bits per heavy atom. The summed E-state index contributed by atoms with van der Waals surface area (Å²) in [6.45, 7) is 11.4. The van der Waals surface area contributed by atoms with E-state index < -0.39 is 0 Å². The molecule has 0 spiro atoms. The smallest absolute Gasteiger partial charge is 0.254 e. The summed E-state index contributed by atoms with van der Waals surface area (Å²) in [4.78, 5) is 14.9. The van der Waals surface area contributed by atoms with E-state index in [1.807, 2.05) is 30.9 Å². The van der Waals surface area contributed by atoms with Crippen LogP contribution in [-0.4, -0.2) is 23.4 Å². The monoisotopic (exact) mass is 274 g/mol. The lowest BCUT2D eigenvalue weighted by atomic mass is 9.85. The van der Waals surface area contributed by atoms with Crippen LogP contribution in [0.1, 0.15) is 48.7 Å². The van der Waals surface area contributed by atoms with E-state index in [1.165, 1.54) is 6.42 Å². The van der Waals surface area contributed by atoms with Crippen molar-refractivity contribution in [2.75, 3.05) is 12.3 Å². The van der Waals surface area contributed by atoms with E-state index in [0.717, 1.165) is 23.2 Å². The second-order valence-corrected chi connectivity index (χ2v) is 6.54. The van der Waals surface area contributed by atoms with Crippen molar-refractivity contribution in [2.24, 2.45) is 11.8 Å². The highest BCUT2D eigenvalue weighted by Crippen LogP contribution is 2.29. The third kappa shape index (κ3) is 2.67. The van der Waals surface area contributed by atoms with Crippen LogP contribution in [0, 0.1) is 25.7 Å². The number of piperidine rings is 1. The Hall–Kier alpha value is -1.51. The molecule has 1 saturated heterocycles. The second-order valence-electron chi connectivity index (χ2n) is 6.54. The maximum absolute atomic E-state index is 12.9. The highest BCUT2D eigenvalue weighted by atomic mass is 16.2. The van der Waals surface area contributed by atoms with Crippen LogP contribution in [0.3, 0.4) is 0 Å². The minimum Gasteiger partial charge on any atom is -0.398 e. The molecule has 1 aliphatic heterocycles. The average molecular weight is 274 g/mol. The van der Waals surface area contributed by atoms with Gasteiger partial charge in [-0.25, -0.2) is 0 Å². The van der Waals surface area contributed by atoms with Gasteiger partial charge in [-0.2, -0.15) is 0 Å². The Morgan fingerprint density at radius 3 is 2.50 bits per heavy atom. The molecule has 1 aromatic rings. The Bertz CT molecular complexity index is 524. The molecule has 110 valence electrons. The fraction of sp³-hybridized carbons (Fsp3) is 0.588. The molecule has 1 aliphatic rings. The van der Waals surface area contributed by atoms with Gasteiger partial charge in [-0.05, 0) is 56.2 Å². The molecular formula is C17H26N2O. The number of aryl methyl sites for hydroxylation is 2. The van der Waals surface area contributed by atoms with Gasteiger partial charge in [-0.3, -0.25) is 4.79 Å². The van der Waals surface area contributed by atoms with Crippen LogP contribution in [0.4, 0.5) is 5.69 Å². The van der Waals surface area contributed by atoms with Crippen molar-refractivity contribution >= 4 is 11.6 Å². The Balaban J connectivity index is 2.33. The predicted molar refractivity (Wildman–Crippen MR) is 83.8 cm³/mol. The van der Waals surface area contributed by atoms with Gasteiger partial charge in [0.15, 0.2) is 0 Å². The molecule has 1 aromatic carbocycles. The van der Waals surface area contributed by atoms with Crippen LogP contribution in [0.5, 0.6) is 0 Å². The summed E-state index contributed by atoms with van der Waals surface area (Å²) in [6.07, 6.45) is 1.19. The molecule has 2 rings (SSSR count). The van der Waals surface area contributed by atoms with Crippen molar-refractivity contribution in [3.8, 4) is 0 Å². The van der Waals surface area contributed by atoms with Gasteiger partial charge in [0, 0.05) is 23.8 Å². The first-order valence-electron chi connectivity index (χ1n) is 7.49. The Kier molecular flexibility index (Phi) is 4.07. The fourth-order valence-electron chi connectivity index (χ4n) is 3.24. The molecule has 3 unspecified atom stereocenters. The number of likely N-dealkylation sites (tertiary alicyclic amines) is 1. The second kappa shape index (κ2) is 5.47. The van der Waals surface area contributed by atoms with Crippen molar-refractivity contribution in [2.45, 2.75) is 47.1 Å². The number of benzene rings is 1. The zero-order valence-electron chi connectivity index (χ0n) is 13.2. The summed E-state index contributed by atoms with van der Waals surface area (Å²) in [5, 5.41) is 0. The van der Waals surface area contributed by atoms with Gasteiger partial charge in [0.1, 0.15) is 0 Å². The SMILES string of the molecule is Cc1cc(C)c(C(=O)N2CC(C)CC(C)C2C)cc1N.